The van der Waals surface area contributed by atoms with Crippen LogP contribution in [0.25, 0.3) is 97.4 Å². The molecule has 0 saturated carbocycles. The SMILES string of the molecule is c1ccc(-c2ccc(-c3cccc(N(c4ccc(-c5ccc6c(-c7ccc8ccccc8c7)c7ccccc7c(-c7ccc8ccccc8c7)c6c5)cc4)c4ccccn4)c3)s2)cc1. The van der Waals surface area contributed by atoms with Gasteiger partial charge in [0.15, 0.2) is 0 Å². The summed E-state index contributed by atoms with van der Waals surface area (Å²) in [5, 5.41) is 9.92. The Bertz CT molecular complexity index is 3670. The van der Waals surface area contributed by atoms with Crippen LogP contribution in [0.2, 0.25) is 0 Å². The van der Waals surface area contributed by atoms with Crippen LogP contribution in [0.1, 0.15) is 0 Å². The maximum absolute atomic E-state index is 4.85. The predicted octanol–water partition coefficient (Wildman–Crippen LogP) is 17.6. The van der Waals surface area contributed by atoms with Gasteiger partial charge in [0.2, 0.25) is 0 Å². The molecule has 2 aromatic heterocycles. The molecule has 0 bridgehead atoms. The van der Waals surface area contributed by atoms with Crippen LogP contribution in [0.15, 0.2) is 243 Å². The van der Waals surface area contributed by atoms with Crippen LogP contribution in [0.5, 0.6) is 0 Å². The topological polar surface area (TPSA) is 16.1 Å². The number of hydrogen-bond acceptors (Lipinski definition) is 3. The van der Waals surface area contributed by atoms with E-state index in [0.717, 1.165) is 22.8 Å². The number of anilines is 3. The van der Waals surface area contributed by atoms with Crippen molar-refractivity contribution < 1.29 is 0 Å². The van der Waals surface area contributed by atoms with Crippen molar-refractivity contribution in [2.24, 2.45) is 0 Å². The van der Waals surface area contributed by atoms with E-state index in [1.165, 1.54) is 91.8 Å². The third-order valence-electron chi connectivity index (χ3n) is 12.5. The van der Waals surface area contributed by atoms with Crippen molar-refractivity contribution in [3.8, 4) is 54.3 Å². The smallest absolute Gasteiger partial charge is 0.137 e. The van der Waals surface area contributed by atoms with Gasteiger partial charge in [-0.05, 0) is 154 Å². The molecule has 12 rings (SSSR count). The predicted molar refractivity (Wildman–Crippen MR) is 274 cm³/mol. The van der Waals surface area contributed by atoms with Crippen molar-refractivity contribution in [2.75, 3.05) is 4.90 Å². The number of rotatable bonds is 8. The highest BCUT2D eigenvalue weighted by atomic mass is 32.1. The molecule has 2 nitrogen and oxygen atoms in total. The summed E-state index contributed by atoms with van der Waals surface area (Å²) in [6.45, 7) is 0. The molecule has 12 aromatic rings. The third-order valence-corrected chi connectivity index (χ3v) is 13.7. The number of aromatic nitrogens is 1. The lowest BCUT2D eigenvalue weighted by molar-refractivity contribution is 1.18. The molecule has 0 spiro atoms. The van der Waals surface area contributed by atoms with Gasteiger partial charge in [0.1, 0.15) is 5.82 Å². The normalized spacial score (nSPS) is 11.4. The van der Waals surface area contributed by atoms with E-state index in [1.807, 2.05) is 23.6 Å². The minimum atomic E-state index is 0.863. The first-order chi connectivity index (χ1) is 31.7. The minimum Gasteiger partial charge on any atom is -0.295 e. The van der Waals surface area contributed by atoms with Crippen LogP contribution in [-0.2, 0) is 0 Å². The monoisotopic (exact) mass is 832 g/mol. The van der Waals surface area contributed by atoms with Crippen LogP contribution in [0.3, 0.4) is 0 Å². The van der Waals surface area contributed by atoms with Gasteiger partial charge in [0.05, 0.1) is 0 Å². The lowest BCUT2D eigenvalue weighted by atomic mass is 9.84. The molecule has 0 N–H and O–H groups in total. The Morgan fingerprint density at radius 3 is 1.52 bits per heavy atom. The molecule has 0 saturated heterocycles. The molecular formula is C61H40N2S. The first kappa shape index (κ1) is 37.6. The molecule has 0 unspecified atom stereocenters. The van der Waals surface area contributed by atoms with Crippen molar-refractivity contribution in [3.05, 3.63) is 243 Å². The Morgan fingerprint density at radius 2 is 0.844 bits per heavy atom. The molecule has 0 radical (unpaired) electrons. The summed E-state index contributed by atoms with van der Waals surface area (Å²) in [6, 6.07) is 86.0. The molecule has 10 aromatic carbocycles. The second-order valence-corrected chi connectivity index (χ2v) is 17.4. The van der Waals surface area contributed by atoms with Gasteiger partial charge >= 0.3 is 0 Å². The molecule has 64 heavy (non-hydrogen) atoms. The quantitative estimate of drug-likeness (QED) is 0.142. The molecule has 300 valence electrons. The fraction of sp³-hybridized carbons (Fsp3) is 0. The van der Waals surface area contributed by atoms with Crippen molar-refractivity contribution >= 4 is 71.6 Å². The standard InChI is InChI=1S/C61H40N2S/c1-2-15-44(16-3-1)57-34-35-58(64-57)48-19-12-20-52(39-48)63(59-23-10-11-36-62-59)51-31-28-43(29-32-51)47-30-33-55-56(40-47)61(50-27-25-42-14-5-7-18-46(42)38-50)54-22-9-8-21-53(54)60(55)49-26-24-41-13-4-6-17-45(41)37-49/h1-40H. The van der Waals surface area contributed by atoms with Gasteiger partial charge in [-0.25, -0.2) is 4.98 Å². The fourth-order valence-electron chi connectivity index (χ4n) is 9.42. The number of benzene rings is 10. The Labute approximate surface area is 376 Å². The summed E-state index contributed by atoms with van der Waals surface area (Å²) in [5.74, 6) is 0.863. The number of nitrogens with zero attached hydrogens (tertiary/aromatic N) is 2. The molecular weight excluding hydrogens is 793 g/mol. The maximum atomic E-state index is 4.85. The molecule has 0 aliphatic heterocycles. The van der Waals surface area contributed by atoms with Gasteiger partial charge in [0.25, 0.3) is 0 Å². The van der Waals surface area contributed by atoms with E-state index in [-0.39, 0.29) is 0 Å². The summed E-state index contributed by atoms with van der Waals surface area (Å²) in [6.07, 6.45) is 1.87. The summed E-state index contributed by atoms with van der Waals surface area (Å²) in [4.78, 5) is 9.59. The van der Waals surface area contributed by atoms with Crippen molar-refractivity contribution in [2.45, 2.75) is 0 Å². The van der Waals surface area contributed by atoms with Crippen molar-refractivity contribution in [1.82, 2.24) is 4.98 Å². The summed E-state index contributed by atoms with van der Waals surface area (Å²) in [7, 11) is 0. The summed E-state index contributed by atoms with van der Waals surface area (Å²) < 4.78 is 0. The zero-order valence-corrected chi connectivity index (χ0v) is 35.7. The van der Waals surface area contributed by atoms with Gasteiger partial charge in [-0.1, -0.05) is 170 Å². The van der Waals surface area contributed by atoms with Crippen LogP contribution in [0, 0.1) is 0 Å². The van der Waals surface area contributed by atoms with Crippen LogP contribution in [0.4, 0.5) is 17.2 Å². The molecule has 0 aliphatic rings. The van der Waals surface area contributed by atoms with E-state index >= 15 is 0 Å². The molecule has 0 aliphatic carbocycles. The highest BCUT2D eigenvalue weighted by Crippen LogP contribution is 2.46. The van der Waals surface area contributed by atoms with Gasteiger partial charge in [-0.3, -0.25) is 4.90 Å². The lowest BCUT2D eigenvalue weighted by Crippen LogP contribution is -2.11. The Kier molecular flexibility index (Phi) is 9.39. The first-order valence-electron chi connectivity index (χ1n) is 21.8. The largest absolute Gasteiger partial charge is 0.295 e. The Hall–Kier alpha value is -8.11. The number of thiophene rings is 1. The number of pyridine rings is 1. The highest BCUT2D eigenvalue weighted by Gasteiger charge is 2.20. The summed E-state index contributed by atoms with van der Waals surface area (Å²) in [5.41, 5.74) is 11.8. The van der Waals surface area contributed by atoms with E-state index in [2.05, 4.69) is 235 Å². The highest BCUT2D eigenvalue weighted by molar-refractivity contribution is 7.18. The van der Waals surface area contributed by atoms with Gasteiger partial charge in [-0.2, -0.15) is 0 Å². The van der Waals surface area contributed by atoms with Gasteiger partial charge in [-0.15, -0.1) is 11.3 Å². The zero-order chi connectivity index (χ0) is 42.4. The maximum Gasteiger partial charge on any atom is 0.137 e. The Morgan fingerprint density at radius 1 is 0.297 bits per heavy atom. The molecule has 0 amide bonds. The Balaban J connectivity index is 0.992. The molecule has 3 heteroatoms. The fourth-order valence-corrected chi connectivity index (χ4v) is 10.4. The number of hydrogen-bond donors (Lipinski definition) is 0. The number of fused-ring (bicyclic) bond motifs is 4. The van der Waals surface area contributed by atoms with E-state index in [0.29, 0.717) is 0 Å². The van der Waals surface area contributed by atoms with E-state index in [1.54, 1.807) is 0 Å². The molecule has 0 fully saturated rings. The second-order valence-electron chi connectivity index (χ2n) is 16.3. The van der Waals surface area contributed by atoms with Crippen molar-refractivity contribution in [3.63, 3.8) is 0 Å². The van der Waals surface area contributed by atoms with E-state index in [4.69, 9.17) is 4.98 Å². The molecule has 0 atom stereocenters. The average molecular weight is 833 g/mol. The second kappa shape index (κ2) is 16.0. The molecule has 2 heterocycles. The first-order valence-corrected chi connectivity index (χ1v) is 22.6. The zero-order valence-electron chi connectivity index (χ0n) is 34.9. The van der Waals surface area contributed by atoms with Crippen LogP contribution in [-0.4, -0.2) is 4.98 Å². The lowest BCUT2D eigenvalue weighted by Gasteiger charge is -2.25. The van der Waals surface area contributed by atoms with Gasteiger partial charge < -0.3 is 0 Å². The van der Waals surface area contributed by atoms with E-state index in [9.17, 15) is 0 Å². The summed E-state index contributed by atoms with van der Waals surface area (Å²) >= 11 is 1.82. The average Bonchev–Trinajstić information content (AvgIpc) is 3.87. The van der Waals surface area contributed by atoms with Gasteiger partial charge in [0, 0.05) is 27.3 Å². The van der Waals surface area contributed by atoms with Crippen LogP contribution >= 0.6 is 11.3 Å². The van der Waals surface area contributed by atoms with E-state index < -0.39 is 0 Å². The third kappa shape index (κ3) is 6.80. The van der Waals surface area contributed by atoms with Crippen LogP contribution < -0.4 is 4.90 Å². The minimum absolute atomic E-state index is 0.863. The van der Waals surface area contributed by atoms with Crippen molar-refractivity contribution in [1.29, 1.82) is 0 Å².